The van der Waals surface area contributed by atoms with E-state index in [2.05, 4.69) is 49.1 Å². The molecular formula is C12H16ClN2O+. The van der Waals surface area contributed by atoms with E-state index in [-0.39, 0.29) is 17.9 Å². The predicted molar refractivity (Wildman–Crippen MR) is 57.8 cm³/mol. The monoisotopic (exact) mass is 239 g/mol. The first-order valence-corrected chi connectivity index (χ1v) is 4.67. The lowest BCUT2D eigenvalue weighted by atomic mass is 10.1. The second-order valence-electron chi connectivity index (χ2n) is 3.50. The van der Waals surface area contributed by atoms with Gasteiger partial charge in [-0.15, -0.1) is 0 Å². The number of aromatic nitrogens is 2. The summed E-state index contributed by atoms with van der Waals surface area (Å²) in [6.45, 7) is 0. The van der Waals surface area contributed by atoms with E-state index in [1.54, 1.807) is 0 Å². The van der Waals surface area contributed by atoms with Crippen LogP contribution in [-0.2, 0) is 14.1 Å². The first-order valence-electron chi connectivity index (χ1n) is 4.67. The molecule has 0 aliphatic heterocycles. The van der Waals surface area contributed by atoms with Crippen LogP contribution in [0.25, 0.3) is 11.1 Å². The van der Waals surface area contributed by atoms with Crippen molar-refractivity contribution in [2.24, 2.45) is 14.1 Å². The summed E-state index contributed by atoms with van der Waals surface area (Å²) in [5.74, 6) is 0. The van der Waals surface area contributed by atoms with Crippen LogP contribution < -0.4 is 21.5 Å². The van der Waals surface area contributed by atoms with E-state index in [0.29, 0.717) is 0 Å². The van der Waals surface area contributed by atoms with Crippen LogP contribution in [0.5, 0.6) is 0 Å². The van der Waals surface area contributed by atoms with Crippen LogP contribution in [0, 0.1) is 0 Å². The highest BCUT2D eigenvalue weighted by Crippen LogP contribution is 2.14. The Morgan fingerprint density at radius 2 is 0.938 bits per heavy atom. The van der Waals surface area contributed by atoms with E-state index < -0.39 is 0 Å². The molecule has 0 unspecified atom stereocenters. The summed E-state index contributed by atoms with van der Waals surface area (Å²) in [5, 5.41) is 0. The van der Waals surface area contributed by atoms with E-state index in [0.717, 1.165) is 0 Å². The van der Waals surface area contributed by atoms with E-state index in [4.69, 9.17) is 0 Å². The predicted octanol–water partition coefficient (Wildman–Crippen LogP) is -2.82. The zero-order chi connectivity index (χ0) is 9.97. The van der Waals surface area contributed by atoms with Crippen LogP contribution in [0.1, 0.15) is 0 Å². The van der Waals surface area contributed by atoms with Crippen molar-refractivity contribution in [1.82, 2.24) is 0 Å². The second kappa shape index (κ2) is 6.20. The molecule has 3 nitrogen and oxygen atoms in total. The van der Waals surface area contributed by atoms with Crippen LogP contribution in [0.3, 0.4) is 0 Å². The van der Waals surface area contributed by atoms with Gasteiger partial charge in [-0.3, -0.25) is 0 Å². The fraction of sp³-hybridized carbons (Fsp3) is 0.167. The molecule has 0 aromatic carbocycles. The van der Waals surface area contributed by atoms with Gasteiger partial charge < -0.3 is 17.9 Å². The number of nitrogens with zero attached hydrogens (tertiary/aromatic N) is 2. The van der Waals surface area contributed by atoms with Gasteiger partial charge in [0.2, 0.25) is 0 Å². The maximum Gasteiger partial charge on any atom is 0.169 e. The van der Waals surface area contributed by atoms with Gasteiger partial charge in [-0.1, -0.05) is 0 Å². The van der Waals surface area contributed by atoms with Crippen LogP contribution >= 0.6 is 0 Å². The summed E-state index contributed by atoms with van der Waals surface area (Å²) in [6.07, 6.45) is 8.23. The van der Waals surface area contributed by atoms with Gasteiger partial charge in [-0.05, 0) is 11.1 Å². The fourth-order valence-electron chi connectivity index (χ4n) is 1.39. The minimum absolute atomic E-state index is 0. The van der Waals surface area contributed by atoms with Crippen molar-refractivity contribution in [2.75, 3.05) is 0 Å². The SMILES string of the molecule is C[n+]1ccc(-c2cc[n+](C)cc2)cc1.O.[Cl-]. The third-order valence-corrected chi connectivity index (χ3v) is 2.29. The highest BCUT2D eigenvalue weighted by Gasteiger charge is 2.00. The Bertz CT molecular complexity index is 382. The molecule has 0 aliphatic carbocycles. The standard InChI is InChI=1S/C12H14N2.ClH.H2O/c1-13-7-3-11(4-8-13)12-5-9-14(2)10-6-12;;/h3-10H,1-2H3;1H;1H2/q+2;;/p-1. The van der Waals surface area contributed by atoms with Gasteiger partial charge in [0, 0.05) is 24.3 Å². The summed E-state index contributed by atoms with van der Waals surface area (Å²) in [4.78, 5) is 0. The Morgan fingerprint density at radius 3 is 1.19 bits per heavy atom. The molecule has 2 rings (SSSR count). The maximum atomic E-state index is 2.12. The molecular weight excluding hydrogens is 224 g/mol. The average Bonchev–Trinajstić information content (AvgIpc) is 2.21. The molecule has 4 heteroatoms. The summed E-state index contributed by atoms with van der Waals surface area (Å²) >= 11 is 0. The van der Waals surface area contributed by atoms with Crippen LogP contribution in [-0.4, -0.2) is 5.48 Å². The van der Waals surface area contributed by atoms with Gasteiger partial charge in [0.25, 0.3) is 0 Å². The Hall–Kier alpha value is -1.45. The van der Waals surface area contributed by atoms with Crippen molar-refractivity contribution in [3.63, 3.8) is 0 Å². The number of hydrogen-bond donors (Lipinski definition) is 0. The molecule has 86 valence electrons. The van der Waals surface area contributed by atoms with Crippen molar-refractivity contribution < 1.29 is 27.0 Å². The lowest BCUT2D eigenvalue weighted by Gasteiger charge is -1.97. The van der Waals surface area contributed by atoms with Crippen molar-refractivity contribution in [2.45, 2.75) is 0 Å². The molecule has 2 heterocycles. The smallest absolute Gasteiger partial charge is 0.169 e. The normalized spacial score (nSPS) is 8.88. The molecule has 0 amide bonds. The molecule has 16 heavy (non-hydrogen) atoms. The van der Waals surface area contributed by atoms with Crippen molar-refractivity contribution in [1.29, 1.82) is 0 Å². The highest BCUT2D eigenvalue weighted by atomic mass is 35.5. The molecule has 0 atom stereocenters. The van der Waals surface area contributed by atoms with Crippen LogP contribution in [0.2, 0.25) is 0 Å². The van der Waals surface area contributed by atoms with Gasteiger partial charge in [0.15, 0.2) is 24.8 Å². The third-order valence-electron chi connectivity index (χ3n) is 2.29. The summed E-state index contributed by atoms with van der Waals surface area (Å²) in [7, 11) is 4.05. The van der Waals surface area contributed by atoms with Gasteiger partial charge >= 0.3 is 0 Å². The quantitative estimate of drug-likeness (QED) is 0.482. The molecule has 2 aromatic heterocycles. The van der Waals surface area contributed by atoms with Gasteiger partial charge in [0.1, 0.15) is 14.1 Å². The topological polar surface area (TPSA) is 39.3 Å². The first kappa shape index (κ1) is 14.6. The zero-order valence-corrected chi connectivity index (χ0v) is 10.1. The first-order chi connectivity index (χ1) is 6.75. The third kappa shape index (κ3) is 3.29. The largest absolute Gasteiger partial charge is 1.00 e. The highest BCUT2D eigenvalue weighted by molar-refractivity contribution is 5.60. The molecule has 0 spiro atoms. The van der Waals surface area contributed by atoms with Gasteiger partial charge in [-0.2, -0.15) is 0 Å². The van der Waals surface area contributed by atoms with E-state index in [1.807, 2.05) is 23.2 Å². The molecule has 0 saturated heterocycles. The van der Waals surface area contributed by atoms with Crippen molar-refractivity contribution >= 4 is 0 Å². The lowest BCUT2D eigenvalue weighted by molar-refractivity contribution is -0.671. The molecule has 2 aromatic rings. The maximum absolute atomic E-state index is 2.12. The van der Waals surface area contributed by atoms with E-state index >= 15 is 0 Å². The van der Waals surface area contributed by atoms with Gasteiger partial charge in [-0.25, -0.2) is 9.13 Å². The summed E-state index contributed by atoms with van der Waals surface area (Å²) in [5.41, 5.74) is 2.51. The Labute approximate surface area is 102 Å². The molecule has 0 saturated carbocycles. The van der Waals surface area contributed by atoms with Crippen LogP contribution in [0.15, 0.2) is 49.1 Å². The number of rotatable bonds is 1. The lowest BCUT2D eigenvalue weighted by Crippen LogP contribution is -3.00. The molecule has 0 bridgehead atoms. The number of pyridine rings is 2. The zero-order valence-electron chi connectivity index (χ0n) is 9.39. The molecule has 2 N–H and O–H groups in total. The Balaban J connectivity index is 0.00000112. The minimum atomic E-state index is 0. The average molecular weight is 240 g/mol. The molecule has 0 aliphatic rings. The number of hydrogen-bond acceptors (Lipinski definition) is 0. The molecule has 0 fully saturated rings. The second-order valence-corrected chi connectivity index (χ2v) is 3.50. The van der Waals surface area contributed by atoms with E-state index in [9.17, 15) is 0 Å². The van der Waals surface area contributed by atoms with Crippen molar-refractivity contribution in [3.8, 4) is 11.1 Å². The number of aryl methyl sites for hydroxylation is 2. The summed E-state index contributed by atoms with van der Waals surface area (Å²) < 4.78 is 4.07. The Kier molecular flexibility index (Phi) is 5.64. The van der Waals surface area contributed by atoms with Crippen LogP contribution in [0.4, 0.5) is 0 Å². The van der Waals surface area contributed by atoms with Gasteiger partial charge in [0.05, 0.1) is 0 Å². The van der Waals surface area contributed by atoms with E-state index in [1.165, 1.54) is 11.1 Å². The molecule has 0 radical (unpaired) electrons. The van der Waals surface area contributed by atoms with Crippen molar-refractivity contribution in [3.05, 3.63) is 49.1 Å². The Morgan fingerprint density at radius 1 is 0.688 bits per heavy atom. The number of halogens is 1. The fourth-order valence-corrected chi connectivity index (χ4v) is 1.39. The summed E-state index contributed by atoms with van der Waals surface area (Å²) in [6, 6.07) is 8.48. The minimum Gasteiger partial charge on any atom is -1.00 e.